The molecule has 2 amide bonds. The van der Waals surface area contributed by atoms with Gasteiger partial charge in [-0.15, -0.1) is 0 Å². The van der Waals surface area contributed by atoms with Gasteiger partial charge in [0.05, 0.1) is 11.9 Å². The van der Waals surface area contributed by atoms with Gasteiger partial charge in [-0.1, -0.05) is 6.92 Å². The van der Waals surface area contributed by atoms with Crippen molar-refractivity contribution in [1.29, 1.82) is 0 Å². The fraction of sp³-hybridized carbons (Fsp3) is 0.412. The quantitative estimate of drug-likeness (QED) is 0.934. The highest BCUT2D eigenvalue weighted by molar-refractivity contribution is 5.92. The van der Waals surface area contributed by atoms with Crippen LogP contribution in [-0.2, 0) is 4.79 Å². The number of imidazole rings is 1. The molecule has 2 aromatic heterocycles. The molecule has 7 heteroatoms. The second-order valence-corrected chi connectivity index (χ2v) is 5.83. The minimum absolute atomic E-state index is 0.0275. The van der Waals surface area contributed by atoms with E-state index < -0.39 is 0 Å². The maximum Gasteiger partial charge on any atom is 0.274 e. The Morgan fingerprint density at radius 1 is 1.17 bits per heavy atom. The minimum Gasteiger partial charge on any atom is -0.337 e. The van der Waals surface area contributed by atoms with Gasteiger partial charge in [-0.2, -0.15) is 0 Å². The summed E-state index contributed by atoms with van der Waals surface area (Å²) in [4.78, 5) is 34.2. The van der Waals surface area contributed by atoms with E-state index in [-0.39, 0.29) is 11.8 Å². The van der Waals surface area contributed by atoms with Crippen molar-refractivity contribution in [2.24, 2.45) is 0 Å². The van der Waals surface area contributed by atoms with Gasteiger partial charge in [-0.3, -0.25) is 14.2 Å². The Morgan fingerprint density at radius 3 is 2.62 bits per heavy atom. The monoisotopic (exact) mass is 327 g/mol. The normalized spacial score (nSPS) is 14.5. The predicted molar refractivity (Wildman–Crippen MR) is 90.0 cm³/mol. The number of anilines is 1. The van der Waals surface area contributed by atoms with E-state index in [1.165, 1.54) is 6.42 Å². The first kappa shape index (κ1) is 16.2. The van der Waals surface area contributed by atoms with E-state index >= 15 is 0 Å². The Bertz CT molecular complexity index is 717. The Hall–Kier alpha value is -2.70. The van der Waals surface area contributed by atoms with E-state index in [1.54, 1.807) is 42.3 Å². The van der Waals surface area contributed by atoms with E-state index in [0.717, 1.165) is 25.9 Å². The van der Waals surface area contributed by atoms with Crippen LogP contribution in [0.15, 0.2) is 30.9 Å². The molecule has 0 spiro atoms. The van der Waals surface area contributed by atoms with E-state index in [1.807, 2.05) is 4.90 Å². The molecule has 3 rings (SSSR count). The van der Waals surface area contributed by atoms with Crippen molar-refractivity contribution in [3.05, 3.63) is 36.5 Å². The number of hydrogen-bond acceptors (Lipinski definition) is 4. The number of nitrogens with one attached hydrogen (secondary N) is 1. The van der Waals surface area contributed by atoms with Crippen LogP contribution in [0.4, 0.5) is 5.69 Å². The number of nitrogens with zero attached hydrogens (tertiary/aromatic N) is 4. The fourth-order valence-corrected chi connectivity index (χ4v) is 2.68. The average Bonchev–Trinajstić information content (AvgIpc) is 3.12. The summed E-state index contributed by atoms with van der Waals surface area (Å²) in [6, 6.07) is 3.56. The Balaban J connectivity index is 1.70. The van der Waals surface area contributed by atoms with Crippen molar-refractivity contribution in [2.45, 2.75) is 32.6 Å². The van der Waals surface area contributed by atoms with Gasteiger partial charge in [0.25, 0.3) is 5.91 Å². The van der Waals surface area contributed by atoms with Crippen molar-refractivity contribution in [1.82, 2.24) is 19.4 Å². The van der Waals surface area contributed by atoms with Crippen molar-refractivity contribution >= 4 is 17.5 Å². The van der Waals surface area contributed by atoms with Gasteiger partial charge in [0.1, 0.15) is 17.8 Å². The molecular weight excluding hydrogens is 306 g/mol. The third-order valence-electron chi connectivity index (χ3n) is 4.06. The molecule has 0 atom stereocenters. The first-order chi connectivity index (χ1) is 11.7. The lowest BCUT2D eigenvalue weighted by atomic mass is 10.1. The molecule has 3 heterocycles. The summed E-state index contributed by atoms with van der Waals surface area (Å²) in [5.41, 5.74) is 1.08. The summed E-state index contributed by atoms with van der Waals surface area (Å²) in [5.74, 6) is 0.566. The second kappa shape index (κ2) is 7.25. The molecule has 0 aromatic carbocycles. The van der Waals surface area contributed by atoms with E-state index in [4.69, 9.17) is 0 Å². The minimum atomic E-state index is -0.0541. The number of aromatic nitrogens is 3. The summed E-state index contributed by atoms with van der Waals surface area (Å²) in [5, 5.41) is 2.75. The van der Waals surface area contributed by atoms with Crippen LogP contribution in [0.3, 0.4) is 0 Å². The zero-order chi connectivity index (χ0) is 16.9. The zero-order valence-electron chi connectivity index (χ0n) is 13.7. The van der Waals surface area contributed by atoms with Gasteiger partial charge in [-0.05, 0) is 31.4 Å². The number of hydrogen-bond donors (Lipinski definition) is 1. The smallest absolute Gasteiger partial charge is 0.274 e. The van der Waals surface area contributed by atoms with Crippen molar-refractivity contribution in [3.8, 4) is 5.82 Å². The van der Waals surface area contributed by atoms with Crippen LogP contribution < -0.4 is 5.32 Å². The van der Waals surface area contributed by atoms with Gasteiger partial charge in [0.15, 0.2) is 0 Å². The summed E-state index contributed by atoms with van der Waals surface area (Å²) >= 11 is 0. The molecule has 0 bridgehead atoms. The predicted octanol–water partition coefficient (Wildman–Crippen LogP) is 2.24. The fourth-order valence-electron chi connectivity index (χ4n) is 2.68. The molecule has 0 unspecified atom stereocenters. The number of carbonyl (C=O) groups is 2. The maximum absolute atomic E-state index is 12.4. The van der Waals surface area contributed by atoms with E-state index in [2.05, 4.69) is 15.3 Å². The van der Waals surface area contributed by atoms with E-state index in [9.17, 15) is 9.59 Å². The molecule has 7 nitrogen and oxygen atoms in total. The van der Waals surface area contributed by atoms with Crippen LogP contribution in [0.25, 0.3) is 5.82 Å². The lowest BCUT2D eigenvalue weighted by Crippen LogP contribution is -2.35. The molecule has 24 heavy (non-hydrogen) atoms. The highest BCUT2D eigenvalue weighted by Crippen LogP contribution is 2.14. The molecule has 0 radical (unpaired) electrons. The van der Waals surface area contributed by atoms with Crippen LogP contribution in [0.1, 0.15) is 43.1 Å². The van der Waals surface area contributed by atoms with Crippen LogP contribution in [0, 0.1) is 0 Å². The standard InChI is InChI=1S/C17H21N5O2/c1-2-16(23)20-13-6-7-15(18-10-13)22-11-14(19-12-22)17(24)21-8-4-3-5-9-21/h6-7,10-12H,2-5,8-9H2,1H3,(H,20,23). The van der Waals surface area contributed by atoms with Crippen LogP contribution in [0.2, 0.25) is 0 Å². The number of rotatable bonds is 4. The van der Waals surface area contributed by atoms with Crippen LogP contribution in [-0.4, -0.2) is 44.3 Å². The molecular formula is C17H21N5O2. The summed E-state index contributed by atoms with van der Waals surface area (Å²) in [6.45, 7) is 3.40. The van der Waals surface area contributed by atoms with Gasteiger partial charge in [-0.25, -0.2) is 9.97 Å². The highest BCUT2D eigenvalue weighted by Gasteiger charge is 2.20. The third kappa shape index (κ3) is 3.61. The first-order valence-corrected chi connectivity index (χ1v) is 8.27. The molecule has 1 N–H and O–H groups in total. The second-order valence-electron chi connectivity index (χ2n) is 5.83. The topological polar surface area (TPSA) is 80.1 Å². The SMILES string of the molecule is CCC(=O)Nc1ccc(-n2cnc(C(=O)N3CCCCC3)c2)nc1. The molecule has 1 aliphatic rings. The van der Waals surface area contributed by atoms with Gasteiger partial charge in [0.2, 0.25) is 5.91 Å². The van der Waals surface area contributed by atoms with Gasteiger partial charge < -0.3 is 10.2 Å². The highest BCUT2D eigenvalue weighted by atomic mass is 16.2. The Labute approximate surface area is 140 Å². The molecule has 0 aliphatic carbocycles. The van der Waals surface area contributed by atoms with Crippen LogP contribution in [0.5, 0.6) is 0 Å². The number of pyridine rings is 1. The molecule has 0 saturated carbocycles. The lowest BCUT2D eigenvalue weighted by Gasteiger charge is -2.25. The summed E-state index contributed by atoms with van der Waals surface area (Å²) < 4.78 is 1.71. The summed E-state index contributed by atoms with van der Waals surface area (Å²) in [7, 11) is 0. The van der Waals surface area contributed by atoms with E-state index in [0.29, 0.717) is 23.6 Å². The lowest BCUT2D eigenvalue weighted by molar-refractivity contribution is -0.115. The van der Waals surface area contributed by atoms with Gasteiger partial charge in [0, 0.05) is 25.7 Å². The molecule has 126 valence electrons. The van der Waals surface area contributed by atoms with Crippen molar-refractivity contribution in [2.75, 3.05) is 18.4 Å². The molecule has 2 aromatic rings. The molecule has 1 aliphatic heterocycles. The van der Waals surface area contributed by atoms with Crippen molar-refractivity contribution < 1.29 is 9.59 Å². The van der Waals surface area contributed by atoms with Gasteiger partial charge >= 0.3 is 0 Å². The largest absolute Gasteiger partial charge is 0.337 e. The maximum atomic E-state index is 12.4. The average molecular weight is 327 g/mol. The third-order valence-corrected chi connectivity index (χ3v) is 4.06. The zero-order valence-corrected chi connectivity index (χ0v) is 13.7. The Kier molecular flexibility index (Phi) is 4.88. The van der Waals surface area contributed by atoms with Crippen LogP contribution >= 0.6 is 0 Å². The first-order valence-electron chi connectivity index (χ1n) is 8.27. The number of carbonyl (C=O) groups excluding carboxylic acids is 2. The molecule has 1 saturated heterocycles. The van der Waals surface area contributed by atoms with Crippen molar-refractivity contribution in [3.63, 3.8) is 0 Å². The summed E-state index contributed by atoms with van der Waals surface area (Å²) in [6.07, 6.45) is 8.59. The molecule has 1 fully saturated rings. The number of amides is 2. The number of likely N-dealkylation sites (tertiary alicyclic amines) is 1. The number of piperidine rings is 1. The Morgan fingerprint density at radius 2 is 1.96 bits per heavy atom.